The van der Waals surface area contributed by atoms with Crippen molar-refractivity contribution >= 4 is 5.82 Å². The van der Waals surface area contributed by atoms with E-state index in [0.29, 0.717) is 39.8 Å². The van der Waals surface area contributed by atoms with Crippen LogP contribution in [0.15, 0.2) is 42.6 Å². The lowest BCUT2D eigenvalue weighted by Crippen LogP contribution is -2.02. The minimum absolute atomic E-state index is 0.107. The molecule has 0 saturated heterocycles. The SMILES string of the molecule is COc1cc(OC)c(-c2cc(-c3ccccn3)nc(N)c2C#N)c(OC)c1. The number of nitrogen functional groups attached to an aromatic ring is 1. The number of aromatic nitrogens is 2. The highest BCUT2D eigenvalue weighted by Gasteiger charge is 2.22. The Balaban J connectivity index is 2.34. The van der Waals surface area contributed by atoms with Gasteiger partial charge in [0.1, 0.15) is 34.7 Å². The fraction of sp³-hybridized carbons (Fsp3) is 0.150. The second-order valence-corrected chi connectivity index (χ2v) is 5.55. The van der Waals surface area contributed by atoms with Gasteiger partial charge in [-0.2, -0.15) is 5.26 Å². The molecule has 0 bridgehead atoms. The maximum Gasteiger partial charge on any atom is 0.142 e. The Morgan fingerprint density at radius 2 is 1.67 bits per heavy atom. The summed E-state index contributed by atoms with van der Waals surface area (Å²) in [4.78, 5) is 8.64. The monoisotopic (exact) mass is 362 g/mol. The predicted octanol–water partition coefficient (Wildman–Crippen LogP) is 3.29. The van der Waals surface area contributed by atoms with Crippen LogP contribution in [0.1, 0.15) is 5.56 Å². The van der Waals surface area contributed by atoms with Gasteiger partial charge in [-0.05, 0) is 18.2 Å². The van der Waals surface area contributed by atoms with Crippen molar-refractivity contribution in [3.05, 3.63) is 48.2 Å². The second-order valence-electron chi connectivity index (χ2n) is 5.55. The molecule has 7 heteroatoms. The van der Waals surface area contributed by atoms with Crippen LogP contribution < -0.4 is 19.9 Å². The van der Waals surface area contributed by atoms with Crippen molar-refractivity contribution in [2.24, 2.45) is 0 Å². The molecular formula is C20H18N4O3. The molecule has 2 N–H and O–H groups in total. The Bertz CT molecular complexity index is 989. The summed E-state index contributed by atoms with van der Waals surface area (Å²) in [5.41, 5.74) is 8.63. The van der Waals surface area contributed by atoms with Crippen molar-refractivity contribution in [1.29, 1.82) is 5.26 Å². The van der Waals surface area contributed by atoms with Gasteiger partial charge in [-0.15, -0.1) is 0 Å². The molecule has 0 radical (unpaired) electrons. The molecule has 2 heterocycles. The van der Waals surface area contributed by atoms with Gasteiger partial charge in [0.25, 0.3) is 0 Å². The minimum Gasteiger partial charge on any atom is -0.496 e. The lowest BCUT2D eigenvalue weighted by atomic mass is 9.97. The van der Waals surface area contributed by atoms with Gasteiger partial charge < -0.3 is 19.9 Å². The third-order valence-corrected chi connectivity index (χ3v) is 4.07. The number of hydrogen-bond acceptors (Lipinski definition) is 7. The first-order valence-electron chi connectivity index (χ1n) is 8.05. The molecule has 0 saturated carbocycles. The zero-order chi connectivity index (χ0) is 19.4. The molecule has 0 atom stereocenters. The maximum atomic E-state index is 9.66. The number of nitrogens with zero attached hydrogens (tertiary/aromatic N) is 3. The van der Waals surface area contributed by atoms with E-state index in [1.54, 1.807) is 31.5 Å². The lowest BCUT2D eigenvalue weighted by Gasteiger charge is -2.17. The van der Waals surface area contributed by atoms with Crippen LogP contribution >= 0.6 is 0 Å². The minimum atomic E-state index is 0.107. The first-order valence-corrected chi connectivity index (χ1v) is 8.05. The van der Waals surface area contributed by atoms with Crippen LogP contribution in [0.25, 0.3) is 22.5 Å². The summed E-state index contributed by atoms with van der Waals surface area (Å²) in [6.45, 7) is 0. The Labute approximate surface area is 157 Å². The van der Waals surface area contributed by atoms with E-state index in [2.05, 4.69) is 16.0 Å². The van der Waals surface area contributed by atoms with E-state index in [1.807, 2.05) is 18.2 Å². The van der Waals surface area contributed by atoms with E-state index >= 15 is 0 Å². The standard InChI is InChI=1S/C20H18N4O3/c1-25-12-8-17(26-2)19(18(9-12)27-3)13-10-16(15-6-4-5-7-23-15)24-20(22)14(13)11-21/h4-10H,1-3H3,(H2,22,24). The van der Waals surface area contributed by atoms with Gasteiger partial charge in [-0.1, -0.05) is 6.07 Å². The number of hydrogen-bond donors (Lipinski definition) is 1. The Morgan fingerprint density at radius 3 is 2.19 bits per heavy atom. The largest absolute Gasteiger partial charge is 0.496 e. The molecule has 0 aliphatic heterocycles. The fourth-order valence-electron chi connectivity index (χ4n) is 2.80. The Kier molecular flexibility index (Phi) is 5.08. The van der Waals surface area contributed by atoms with Crippen molar-refractivity contribution in [1.82, 2.24) is 9.97 Å². The molecule has 7 nitrogen and oxygen atoms in total. The average molecular weight is 362 g/mol. The third-order valence-electron chi connectivity index (χ3n) is 4.07. The number of nitriles is 1. The van der Waals surface area contributed by atoms with Crippen LogP contribution in [0.3, 0.4) is 0 Å². The van der Waals surface area contributed by atoms with Crippen LogP contribution in [0.2, 0.25) is 0 Å². The van der Waals surface area contributed by atoms with E-state index in [-0.39, 0.29) is 11.4 Å². The molecule has 2 aromatic heterocycles. The Morgan fingerprint density at radius 1 is 0.963 bits per heavy atom. The highest BCUT2D eigenvalue weighted by Crippen LogP contribution is 2.44. The van der Waals surface area contributed by atoms with Gasteiger partial charge in [0.15, 0.2) is 0 Å². The van der Waals surface area contributed by atoms with Crippen LogP contribution in [-0.4, -0.2) is 31.3 Å². The summed E-state index contributed by atoms with van der Waals surface area (Å²) in [6.07, 6.45) is 1.67. The van der Waals surface area contributed by atoms with Gasteiger partial charge in [-0.25, -0.2) is 4.98 Å². The number of benzene rings is 1. The molecule has 27 heavy (non-hydrogen) atoms. The van der Waals surface area contributed by atoms with Gasteiger partial charge >= 0.3 is 0 Å². The van der Waals surface area contributed by atoms with Gasteiger partial charge in [-0.3, -0.25) is 4.98 Å². The average Bonchev–Trinajstić information content (AvgIpc) is 2.72. The van der Waals surface area contributed by atoms with Crippen LogP contribution in [0.5, 0.6) is 17.2 Å². The third kappa shape index (κ3) is 3.33. The number of pyridine rings is 2. The van der Waals surface area contributed by atoms with Gasteiger partial charge in [0, 0.05) is 23.9 Å². The molecule has 3 rings (SSSR count). The maximum absolute atomic E-state index is 9.66. The Hall–Kier alpha value is -3.79. The zero-order valence-corrected chi connectivity index (χ0v) is 15.2. The zero-order valence-electron chi connectivity index (χ0n) is 15.2. The molecular weight excluding hydrogens is 344 g/mol. The normalized spacial score (nSPS) is 10.1. The molecule has 1 aromatic carbocycles. The van der Waals surface area contributed by atoms with Crippen LogP contribution in [0, 0.1) is 11.3 Å². The summed E-state index contributed by atoms with van der Waals surface area (Å²) in [5.74, 6) is 1.65. The quantitative estimate of drug-likeness (QED) is 0.743. The molecule has 0 aliphatic carbocycles. The smallest absolute Gasteiger partial charge is 0.142 e. The summed E-state index contributed by atoms with van der Waals surface area (Å²) >= 11 is 0. The van der Waals surface area contributed by atoms with Crippen LogP contribution in [-0.2, 0) is 0 Å². The predicted molar refractivity (Wildman–Crippen MR) is 102 cm³/mol. The number of methoxy groups -OCH3 is 3. The lowest BCUT2D eigenvalue weighted by molar-refractivity contribution is 0.377. The summed E-state index contributed by atoms with van der Waals surface area (Å²) in [7, 11) is 4.63. The first-order chi connectivity index (χ1) is 13.1. The molecule has 0 amide bonds. The first kappa shape index (κ1) is 18.0. The van der Waals surface area contributed by atoms with Gasteiger partial charge in [0.2, 0.25) is 0 Å². The van der Waals surface area contributed by atoms with Gasteiger partial charge in [0.05, 0.1) is 38.3 Å². The number of nitrogens with two attached hydrogens (primary N) is 1. The molecule has 0 fully saturated rings. The van der Waals surface area contributed by atoms with E-state index in [0.717, 1.165) is 0 Å². The summed E-state index contributed by atoms with van der Waals surface area (Å²) in [6, 6.07) is 12.8. The van der Waals surface area contributed by atoms with Crippen molar-refractivity contribution in [2.75, 3.05) is 27.1 Å². The molecule has 3 aromatic rings. The molecule has 0 aliphatic rings. The van der Waals surface area contributed by atoms with E-state index in [1.165, 1.54) is 14.2 Å². The van der Waals surface area contributed by atoms with Crippen molar-refractivity contribution in [3.8, 4) is 45.8 Å². The molecule has 0 unspecified atom stereocenters. The van der Waals surface area contributed by atoms with Crippen LogP contribution in [0.4, 0.5) is 5.82 Å². The topological polar surface area (TPSA) is 103 Å². The van der Waals surface area contributed by atoms with Crippen molar-refractivity contribution < 1.29 is 14.2 Å². The number of anilines is 1. The van der Waals surface area contributed by atoms with Crippen molar-refractivity contribution in [2.45, 2.75) is 0 Å². The molecule has 136 valence electrons. The number of rotatable bonds is 5. The fourth-order valence-corrected chi connectivity index (χ4v) is 2.80. The van der Waals surface area contributed by atoms with E-state index in [4.69, 9.17) is 19.9 Å². The van der Waals surface area contributed by atoms with E-state index < -0.39 is 0 Å². The summed E-state index contributed by atoms with van der Waals surface area (Å²) in [5, 5.41) is 9.66. The highest BCUT2D eigenvalue weighted by molar-refractivity contribution is 5.86. The highest BCUT2D eigenvalue weighted by atomic mass is 16.5. The molecule has 0 spiro atoms. The van der Waals surface area contributed by atoms with Crippen molar-refractivity contribution in [3.63, 3.8) is 0 Å². The summed E-state index contributed by atoms with van der Waals surface area (Å²) < 4.78 is 16.3. The van der Waals surface area contributed by atoms with E-state index in [9.17, 15) is 5.26 Å². The number of ether oxygens (including phenoxy) is 3. The second kappa shape index (κ2) is 7.62.